The second kappa shape index (κ2) is 7.86. The topological polar surface area (TPSA) is 39.6 Å². The molecule has 2 heterocycles. The van der Waals surface area contributed by atoms with Gasteiger partial charge in [-0.1, -0.05) is 19.8 Å². The standard InChI is InChI=1S/C17H29N3OS/c1-2-15(13-21)20-9-7-19(8-10-20)12-16-11-18-17(22-16)14-5-3-4-6-14/h11,14-15,21H,2-10,12-13H2,1H3. The van der Waals surface area contributed by atoms with Crippen LogP contribution in [0.2, 0.25) is 0 Å². The molecule has 124 valence electrons. The molecule has 0 radical (unpaired) electrons. The van der Waals surface area contributed by atoms with Crippen molar-refractivity contribution in [3.8, 4) is 0 Å². The van der Waals surface area contributed by atoms with Crippen LogP contribution in [-0.2, 0) is 6.54 Å². The average Bonchev–Trinajstić information content (AvgIpc) is 3.21. The van der Waals surface area contributed by atoms with Crippen LogP contribution in [0, 0.1) is 0 Å². The first-order valence-electron chi connectivity index (χ1n) is 8.82. The van der Waals surface area contributed by atoms with Crippen LogP contribution in [0.25, 0.3) is 0 Å². The van der Waals surface area contributed by atoms with E-state index in [2.05, 4.69) is 27.9 Å². The summed E-state index contributed by atoms with van der Waals surface area (Å²) in [5, 5.41) is 10.8. The Kier molecular flexibility index (Phi) is 5.85. The van der Waals surface area contributed by atoms with Crippen LogP contribution in [0.5, 0.6) is 0 Å². The van der Waals surface area contributed by atoms with Crippen molar-refractivity contribution in [2.45, 2.75) is 57.5 Å². The quantitative estimate of drug-likeness (QED) is 0.874. The highest BCUT2D eigenvalue weighted by Gasteiger charge is 2.24. The zero-order valence-electron chi connectivity index (χ0n) is 13.7. The maximum atomic E-state index is 9.42. The van der Waals surface area contributed by atoms with E-state index in [9.17, 15) is 5.11 Å². The van der Waals surface area contributed by atoms with E-state index in [1.165, 1.54) is 35.6 Å². The minimum absolute atomic E-state index is 0.288. The lowest BCUT2D eigenvalue weighted by atomic mass is 10.1. The number of nitrogens with zero attached hydrogens (tertiary/aromatic N) is 3. The number of rotatable bonds is 6. The smallest absolute Gasteiger partial charge is 0.0959 e. The van der Waals surface area contributed by atoms with Crippen LogP contribution >= 0.6 is 11.3 Å². The SMILES string of the molecule is CCC(CO)N1CCN(Cc2cnc(C3CCCC3)s2)CC1. The lowest BCUT2D eigenvalue weighted by Crippen LogP contribution is -2.50. The first kappa shape index (κ1) is 16.4. The Balaban J connectivity index is 1.48. The van der Waals surface area contributed by atoms with Gasteiger partial charge in [0, 0.05) is 55.8 Å². The summed E-state index contributed by atoms with van der Waals surface area (Å²) >= 11 is 1.93. The van der Waals surface area contributed by atoms with Gasteiger partial charge in [0.15, 0.2) is 0 Å². The molecule has 3 rings (SSSR count). The predicted octanol–water partition coefficient (Wildman–Crippen LogP) is 2.69. The zero-order chi connectivity index (χ0) is 15.4. The largest absolute Gasteiger partial charge is 0.395 e. The lowest BCUT2D eigenvalue weighted by molar-refractivity contribution is 0.0612. The van der Waals surface area contributed by atoms with Gasteiger partial charge in [0.25, 0.3) is 0 Å². The number of aliphatic hydroxyl groups is 1. The molecule has 2 aliphatic rings. The fourth-order valence-corrected chi connectivity index (χ4v) is 4.90. The van der Waals surface area contributed by atoms with Gasteiger partial charge in [0.1, 0.15) is 0 Å². The molecule has 1 aromatic rings. The van der Waals surface area contributed by atoms with Crippen LogP contribution in [-0.4, -0.2) is 58.7 Å². The molecule has 1 atom stereocenters. The molecule has 1 saturated carbocycles. The number of aliphatic hydroxyl groups excluding tert-OH is 1. The molecule has 2 fully saturated rings. The molecule has 0 spiro atoms. The number of piperazine rings is 1. The Morgan fingerprint density at radius 2 is 2.00 bits per heavy atom. The number of aromatic nitrogens is 1. The molecule has 5 heteroatoms. The number of thiazole rings is 1. The summed E-state index contributed by atoms with van der Waals surface area (Å²) in [5.41, 5.74) is 0. The highest BCUT2D eigenvalue weighted by molar-refractivity contribution is 7.11. The molecular formula is C17H29N3OS. The van der Waals surface area contributed by atoms with E-state index in [0.717, 1.165) is 45.1 Å². The summed E-state index contributed by atoms with van der Waals surface area (Å²) in [6, 6.07) is 0.347. The third kappa shape index (κ3) is 3.88. The average molecular weight is 324 g/mol. The van der Waals surface area contributed by atoms with Gasteiger partial charge < -0.3 is 5.11 Å². The Labute approximate surface area is 138 Å². The third-order valence-electron chi connectivity index (χ3n) is 5.26. The van der Waals surface area contributed by atoms with E-state index in [1.807, 2.05) is 11.3 Å². The van der Waals surface area contributed by atoms with Crippen molar-refractivity contribution in [2.75, 3.05) is 32.8 Å². The predicted molar refractivity (Wildman–Crippen MR) is 91.3 cm³/mol. The van der Waals surface area contributed by atoms with Crippen LogP contribution in [0.15, 0.2) is 6.20 Å². The fourth-order valence-electron chi connectivity index (χ4n) is 3.77. The van der Waals surface area contributed by atoms with Crippen molar-refractivity contribution >= 4 is 11.3 Å². The van der Waals surface area contributed by atoms with E-state index in [-0.39, 0.29) is 6.61 Å². The minimum atomic E-state index is 0.288. The molecule has 1 aliphatic carbocycles. The van der Waals surface area contributed by atoms with Gasteiger partial charge in [0.2, 0.25) is 0 Å². The fraction of sp³-hybridized carbons (Fsp3) is 0.824. The van der Waals surface area contributed by atoms with Crippen molar-refractivity contribution in [2.24, 2.45) is 0 Å². The van der Waals surface area contributed by atoms with Crippen LogP contribution in [0.1, 0.15) is 54.8 Å². The van der Waals surface area contributed by atoms with E-state index >= 15 is 0 Å². The van der Waals surface area contributed by atoms with Gasteiger partial charge in [-0.25, -0.2) is 4.98 Å². The Morgan fingerprint density at radius 3 is 2.64 bits per heavy atom. The van der Waals surface area contributed by atoms with Crippen molar-refractivity contribution in [1.82, 2.24) is 14.8 Å². The maximum Gasteiger partial charge on any atom is 0.0959 e. The molecule has 1 saturated heterocycles. The minimum Gasteiger partial charge on any atom is -0.395 e. The first-order chi connectivity index (χ1) is 10.8. The van der Waals surface area contributed by atoms with Gasteiger partial charge >= 0.3 is 0 Å². The van der Waals surface area contributed by atoms with Crippen LogP contribution < -0.4 is 0 Å². The highest BCUT2D eigenvalue weighted by Crippen LogP contribution is 2.36. The normalized spacial score (nSPS) is 23.2. The molecule has 1 aliphatic heterocycles. The Morgan fingerprint density at radius 1 is 1.27 bits per heavy atom. The van der Waals surface area contributed by atoms with Crippen LogP contribution in [0.3, 0.4) is 0 Å². The van der Waals surface area contributed by atoms with Crippen molar-refractivity contribution in [3.05, 3.63) is 16.1 Å². The number of hydrogen-bond acceptors (Lipinski definition) is 5. The van der Waals surface area contributed by atoms with Gasteiger partial charge in [-0.2, -0.15) is 0 Å². The maximum absolute atomic E-state index is 9.42. The molecule has 1 N–H and O–H groups in total. The summed E-state index contributed by atoms with van der Waals surface area (Å²) in [4.78, 5) is 11.1. The first-order valence-corrected chi connectivity index (χ1v) is 9.63. The number of hydrogen-bond donors (Lipinski definition) is 1. The van der Waals surface area contributed by atoms with Crippen molar-refractivity contribution in [3.63, 3.8) is 0 Å². The van der Waals surface area contributed by atoms with Crippen molar-refractivity contribution < 1.29 is 5.11 Å². The highest BCUT2D eigenvalue weighted by atomic mass is 32.1. The molecule has 1 aromatic heterocycles. The molecule has 22 heavy (non-hydrogen) atoms. The molecular weight excluding hydrogens is 294 g/mol. The summed E-state index contributed by atoms with van der Waals surface area (Å²) in [7, 11) is 0. The summed E-state index contributed by atoms with van der Waals surface area (Å²) in [5.74, 6) is 0.741. The van der Waals surface area contributed by atoms with Crippen molar-refractivity contribution in [1.29, 1.82) is 0 Å². The van der Waals surface area contributed by atoms with Gasteiger partial charge in [-0.15, -0.1) is 11.3 Å². The van der Waals surface area contributed by atoms with E-state index in [1.54, 1.807) is 0 Å². The van der Waals surface area contributed by atoms with Crippen LogP contribution in [0.4, 0.5) is 0 Å². The second-order valence-corrected chi connectivity index (χ2v) is 7.85. The molecule has 0 amide bonds. The molecule has 0 aromatic carbocycles. The van der Waals surface area contributed by atoms with Gasteiger partial charge in [-0.05, 0) is 19.3 Å². The molecule has 4 nitrogen and oxygen atoms in total. The van der Waals surface area contributed by atoms with E-state index < -0.39 is 0 Å². The molecule has 1 unspecified atom stereocenters. The lowest BCUT2D eigenvalue weighted by Gasteiger charge is -2.38. The van der Waals surface area contributed by atoms with Gasteiger partial charge in [0.05, 0.1) is 11.6 Å². The summed E-state index contributed by atoms with van der Waals surface area (Å²) in [6.45, 7) is 7.86. The van der Waals surface area contributed by atoms with E-state index in [0.29, 0.717) is 6.04 Å². The van der Waals surface area contributed by atoms with E-state index in [4.69, 9.17) is 0 Å². The summed E-state index contributed by atoms with van der Waals surface area (Å²) in [6.07, 6.45) is 8.58. The zero-order valence-corrected chi connectivity index (χ0v) is 14.5. The summed E-state index contributed by atoms with van der Waals surface area (Å²) < 4.78 is 0. The van der Waals surface area contributed by atoms with Gasteiger partial charge in [-0.3, -0.25) is 9.80 Å². The Bertz CT molecular complexity index is 447. The molecule has 0 bridgehead atoms. The second-order valence-electron chi connectivity index (χ2n) is 6.70. The third-order valence-corrected chi connectivity index (χ3v) is 6.41. The monoisotopic (exact) mass is 323 g/mol. The Hall–Kier alpha value is -0.490.